The van der Waals surface area contributed by atoms with Crippen molar-refractivity contribution in [2.75, 3.05) is 13.1 Å². The number of likely N-dealkylation sites (tertiary alicyclic amines) is 1. The third-order valence-corrected chi connectivity index (χ3v) is 3.68. The van der Waals surface area contributed by atoms with Crippen molar-refractivity contribution in [3.63, 3.8) is 0 Å². The average Bonchev–Trinajstić information content (AvgIpc) is 3.16. The number of rotatable bonds is 3. The molecule has 1 aliphatic heterocycles. The van der Waals surface area contributed by atoms with Crippen LogP contribution in [0.25, 0.3) is 6.08 Å². The zero-order valence-corrected chi connectivity index (χ0v) is 11.2. The van der Waals surface area contributed by atoms with Crippen LogP contribution in [0.3, 0.4) is 0 Å². The summed E-state index contributed by atoms with van der Waals surface area (Å²) in [5.74, 6) is 0.461. The number of hydrogen-bond donors (Lipinski definition) is 1. The molecule has 1 atom stereocenters. The number of H-pyrrole nitrogens is 1. The summed E-state index contributed by atoms with van der Waals surface area (Å²) in [6.45, 7) is 1.57. The van der Waals surface area contributed by atoms with Gasteiger partial charge in [-0.15, -0.1) is 0 Å². The molecule has 1 fully saturated rings. The molecule has 1 N–H and O–H groups in total. The van der Waals surface area contributed by atoms with E-state index in [4.69, 9.17) is 0 Å². The highest BCUT2D eigenvalue weighted by molar-refractivity contribution is 5.92. The van der Waals surface area contributed by atoms with E-state index in [0.29, 0.717) is 5.92 Å². The number of aromatic nitrogens is 2. The molecular formula is C16H17N3O. The van der Waals surface area contributed by atoms with Crippen LogP contribution in [-0.4, -0.2) is 34.1 Å². The molecule has 0 radical (unpaired) electrons. The van der Waals surface area contributed by atoms with Crippen LogP contribution in [0.1, 0.15) is 23.6 Å². The van der Waals surface area contributed by atoms with Crippen LogP contribution in [0.5, 0.6) is 0 Å². The van der Waals surface area contributed by atoms with E-state index >= 15 is 0 Å². The fraction of sp³-hybridized carbons (Fsp3) is 0.250. The van der Waals surface area contributed by atoms with Gasteiger partial charge in [0.1, 0.15) is 0 Å². The quantitative estimate of drug-likeness (QED) is 0.868. The second kappa shape index (κ2) is 5.74. The van der Waals surface area contributed by atoms with Crippen LogP contribution in [0, 0.1) is 0 Å². The summed E-state index contributed by atoms with van der Waals surface area (Å²) in [7, 11) is 0. The summed E-state index contributed by atoms with van der Waals surface area (Å²) in [6, 6.07) is 11.9. The Morgan fingerprint density at radius 2 is 2.15 bits per heavy atom. The lowest BCUT2D eigenvalue weighted by molar-refractivity contribution is -0.124. The second-order valence-electron chi connectivity index (χ2n) is 5.03. The van der Waals surface area contributed by atoms with Crippen molar-refractivity contribution >= 4 is 12.0 Å². The van der Waals surface area contributed by atoms with Gasteiger partial charge in [0.15, 0.2) is 0 Å². The molecule has 102 valence electrons. The maximum atomic E-state index is 12.1. The molecule has 3 rings (SSSR count). The number of nitrogens with zero attached hydrogens (tertiary/aromatic N) is 2. The molecule has 2 heterocycles. The van der Waals surface area contributed by atoms with E-state index in [0.717, 1.165) is 30.8 Å². The molecule has 1 aromatic heterocycles. The first-order valence-corrected chi connectivity index (χ1v) is 6.84. The maximum absolute atomic E-state index is 12.1. The van der Waals surface area contributed by atoms with Gasteiger partial charge in [0.25, 0.3) is 0 Å². The molecule has 0 aliphatic carbocycles. The van der Waals surface area contributed by atoms with E-state index < -0.39 is 0 Å². The third kappa shape index (κ3) is 2.79. The predicted octanol–water partition coefficient (Wildman–Crippen LogP) is 2.44. The molecule has 0 saturated carbocycles. The SMILES string of the molecule is O=C(/C=C/c1ccccc1)N1CCC(c2ccn[nH]2)C1. The highest BCUT2D eigenvalue weighted by Crippen LogP contribution is 2.25. The van der Waals surface area contributed by atoms with Gasteiger partial charge in [0.05, 0.1) is 0 Å². The minimum absolute atomic E-state index is 0.0795. The van der Waals surface area contributed by atoms with Crippen molar-refractivity contribution in [3.05, 3.63) is 59.9 Å². The fourth-order valence-electron chi connectivity index (χ4n) is 2.55. The monoisotopic (exact) mass is 267 g/mol. The van der Waals surface area contributed by atoms with Crippen molar-refractivity contribution in [2.45, 2.75) is 12.3 Å². The summed E-state index contributed by atoms with van der Waals surface area (Å²) in [5.41, 5.74) is 2.16. The minimum atomic E-state index is 0.0795. The Labute approximate surface area is 118 Å². The van der Waals surface area contributed by atoms with Crippen LogP contribution < -0.4 is 0 Å². The third-order valence-electron chi connectivity index (χ3n) is 3.68. The van der Waals surface area contributed by atoms with Gasteiger partial charge in [0.2, 0.25) is 5.91 Å². The first kappa shape index (κ1) is 12.7. The zero-order valence-electron chi connectivity index (χ0n) is 11.2. The van der Waals surface area contributed by atoms with Gasteiger partial charge < -0.3 is 4.90 Å². The summed E-state index contributed by atoms with van der Waals surface area (Å²) >= 11 is 0. The van der Waals surface area contributed by atoms with E-state index in [1.165, 1.54) is 0 Å². The van der Waals surface area contributed by atoms with Crippen LogP contribution in [0.4, 0.5) is 0 Å². The summed E-state index contributed by atoms with van der Waals surface area (Å²) in [6.07, 6.45) is 6.28. The molecule has 1 saturated heterocycles. The lowest BCUT2D eigenvalue weighted by Crippen LogP contribution is -2.26. The van der Waals surface area contributed by atoms with Crippen molar-refractivity contribution < 1.29 is 4.79 Å². The first-order chi connectivity index (χ1) is 9.83. The van der Waals surface area contributed by atoms with Gasteiger partial charge >= 0.3 is 0 Å². The molecular weight excluding hydrogens is 250 g/mol. The number of benzene rings is 1. The minimum Gasteiger partial charge on any atom is -0.338 e. The average molecular weight is 267 g/mol. The fourth-order valence-corrected chi connectivity index (χ4v) is 2.55. The largest absolute Gasteiger partial charge is 0.338 e. The number of carbonyl (C=O) groups is 1. The second-order valence-corrected chi connectivity index (χ2v) is 5.03. The van der Waals surface area contributed by atoms with Crippen molar-refractivity contribution in [3.8, 4) is 0 Å². The van der Waals surface area contributed by atoms with Crippen LogP contribution in [-0.2, 0) is 4.79 Å². The summed E-state index contributed by atoms with van der Waals surface area (Å²) in [5, 5.41) is 6.96. The Morgan fingerprint density at radius 3 is 2.90 bits per heavy atom. The van der Waals surface area contributed by atoms with Gasteiger partial charge in [-0.3, -0.25) is 9.89 Å². The van der Waals surface area contributed by atoms with Crippen LogP contribution in [0.2, 0.25) is 0 Å². The first-order valence-electron chi connectivity index (χ1n) is 6.84. The highest BCUT2D eigenvalue weighted by atomic mass is 16.2. The number of nitrogens with one attached hydrogen (secondary N) is 1. The molecule has 1 aliphatic rings. The molecule has 1 aromatic carbocycles. The van der Waals surface area contributed by atoms with E-state index in [9.17, 15) is 4.79 Å². The van der Waals surface area contributed by atoms with Gasteiger partial charge in [0, 0.05) is 37.0 Å². The normalized spacial score (nSPS) is 18.8. The van der Waals surface area contributed by atoms with E-state index in [1.54, 1.807) is 12.3 Å². The predicted molar refractivity (Wildman–Crippen MR) is 78.0 cm³/mol. The highest BCUT2D eigenvalue weighted by Gasteiger charge is 2.26. The zero-order chi connectivity index (χ0) is 13.8. The van der Waals surface area contributed by atoms with Crippen LogP contribution >= 0.6 is 0 Å². The number of amides is 1. The van der Waals surface area contributed by atoms with Gasteiger partial charge in [-0.2, -0.15) is 5.10 Å². The lowest BCUT2D eigenvalue weighted by Gasteiger charge is -2.13. The lowest BCUT2D eigenvalue weighted by atomic mass is 10.1. The van der Waals surface area contributed by atoms with E-state index in [2.05, 4.69) is 10.2 Å². The molecule has 20 heavy (non-hydrogen) atoms. The maximum Gasteiger partial charge on any atom is 0.246 e. The molecule has 2 aromatic rings. The van der Waals surface area contributed by atoms with Crippen molar-refractivity contribution in [1.29, 1.82) is 0 Å². The summed E-state index contributed by atoms with van der Waals surface area (Å²) in [4.78, 5) is 14.0. The van der Waals surface area contributed by atoms with Gasteiger partial charge in [-0.05, 0) is 24.1 Å². The van der Waals surface area contributed by atoms with Gasteiger partial charge in [-0.25, -0.2) is 0 Å². The standard InChI is InChI=1S/C16H17N3O/c20-16(7-6-13-4-2-1-3-5-13)19-11-9-14(12-19)15-8-10-17-18-15/h1-8,10,14H,9,11-12H2,(H,17,18)/b7-6+. The molecule has 0 bridgehead atoms. The van der Waals surface area contributed by atoms with Crippen molar-refractivity contribution in [2.24, 2.45) is 0 Å². The smallest absolute Gasteiger partial charge is 0.246 e. The van der Waals surface area contributed by atoms with E-state index in [1.807, 2.05) is 47.4 Å². The Balaban J connectivity index is 1.60. The van der Waals surface area contributed by atoms with Crippen LogP contribution in [0.15, 0.2) is 48.7 Å². The Bertz CT molecular complexity index is 589. The molecule has 4 nitrogen and oxygen atoms in total. The number of carbonyl (C=O) groups excluding carboxylic acids is 1. The molecule has 4 heteroatoms. The molecule has 1 unspecified atom stereocenters. The number of aromatic amines is 1. The summed E-state index contributed by atoms with van der Waals surface area (Å²) < 4.78 is 0. The Kier molecular flexibility index (Phi) is 3.63. The van der Waals surface area contributed by atoms with Crippen molar-refractivity contribution in [1.82, 2.24) is 15.1 Å². The van der Waals surface area contributed by atoms with Gasteiger partial charge in [-0.1, -0.05) is 30.3 Å². The van der Waals surface area contributed by atoms with E-state index in [-0.39, 0.29) is 5.91 Å². The topological polar surface area (TPSA) is 49.0 Å². The molecule has 0 spiro atoms. The Morgan fingerprint density at radius 1 is 1.30 bits per heavy atom. The molecule has 1 amide bonds. The number of hydrogen-bond acceptors (Lipinski definition) is 2. The Hall–Kier alpha value is -2.36.